The van der Waals surface area contributed by atoms with E-state index < -0.39 is 0 Å². The predicted octanol–water partition coefficient (Wildman–Crippen LogP) is 1.62. The van der Waals surface area contributed by atoms with Crippen LogP contribution in [0.25, 0.3) is 0 Å². The molecule has 3 rings (SSSR count). The Morgan fingerprint density at radius 1 is 1.22 bits per heavy atom. The van der Waals surface area contributed by atoms with Crippen molar-refractivity contribution in [2.24, 2.45) is 0 Å². The summed E-state index contributed by atoms with van der Waals surface area (Å²) in [7, 11) is 0. The van der Waals surface area contributed by atoms with Crippen LogP contribution in [0.1, 0.15) is 21.9 Å². The first-order valence-corrected chi connectivity index (χ1v) is 7.82. The second-order valence-corrected chi connectivity index (χ2v) is 6.06. The van der Waals surface area contributed by atoms with Crippen molar-refractivity contribution < 1.29 is 4.79 Å². The number of H-pyrrole nitrogens is 1. The summed E-state index contributed by atoms with van der Waals surface area (Å²) in [6.45, 7) is 6.73. The molecule has 0 atom stereocenters. The van der Waals surface area contributed by atoms with E-state index in [9.17, 15) is 4.79 Å². The van der Waals surface area contributed by atoms with E-state index in [0.29, 0.717) is 13.1 Å². The van der Waals surface area contributed by atoms with E-state index in [1.807, 2.05) is 13.8 Å². The number of hydrogen-bond donors (Lipinski definition) is 2. The van der Waals surface area contributed by atoms with Gasteiger partial charge in [0.2, 0.25) is 0 Å². The van der Waals surface area contributed by atoms with Crippen molar-refractivity contribution in [2.45, 2.75) is 13.8 Å². The van der Waals surface area contributed by atoms with Crippen LogP contribution in [0.4, 0.5) is 11.5 Å². The minimum atomic E-state index is -0.166. The number of aromatic nitrogens is 3. The van der Waals surface area contributed by atoms with Gasteiger partial charge in [-0.25, -0.2) is 0 Å². The Morgan fingerprint density at radius 2 is 1.83 bits per heavy atom. The van der Waals surface area contributed by atoms with Crippen molar-refractivity contribution >= 4 is 29.0 Å². The number of nitrogens with one attached hydrogen (secondary N) is 1. The van der Waals surface area contributed by atoms with Gasteiger partial charge in [0.15, 0.2) is 5.82 Å². The molecule has 2 aromatic rings. The lowest BCUT2D eigenvalue weighted by atomic mass is 10.2. The molecule has 0 aliphatic carbocycles. The molecule has 1 aliphatic heterocycles. The summed E-state index contributed by atoms with van der Waals surface area (Å²) < 4.78 is 0. The maximum absolute atomic E-state index is 12.5. The van der Waals surface area contributed by atoms with Gasteiger partial charge in [0, 0.05) is 43.3 Å². The lowest BCUT2D eigenvalue weighted by Gasteiger charge is -2.36. The Hall–Kier alpha value is -2.28. The van der Waals surface area contributed by atoms with Crippen LogP contribution in [0, 0.1) is 13.8 Å². The molecule has 1 aliphatic rings. The number of nitrogens with two attached hydrogens (primary N) is 1. The van der Waals surface area contributed by atoms with Crippen molar-refractivity contribution in [1.82, 2.24) is 20.1 Å². The summed E-state index contributed by atoms with van der Waals surface area (Å²) in [6, 6.07) is 4.13. The lowest BCUT2D eigenvalue weighted by Crippen LogP contribution is -2.49. The van der Waals surface area contributed by atoms with Crippen LogP contribution in [-0.4, -0.2) is 52.2 Å². The van der Waals surface area contributed by atoms with Crippen LogP contribution in [0.15, 0.2) is 12.1 Å². The first-order valence-electron chi connectivity index (χ1n) is 7.44. The van der Waals surface area contributed by atoms with Crippen LogP contribution in [0.3, 0.4) is 0 Å². The third-order valence-corrected chi connectivity index (χ3v) is 4.33. The van der Waals surface area contributed by atoms with Crippen molar-refractivity contribution in [3.63, 3.8) is 0 Å². The fraction of sp³-hybridized carbons (Fsp3) is 0.400. The minimum Gasteiger partial charge on any atom is -0.381 e. The number of pyridine rings is 1. The maximum Gasteiger partial charge on any atom is 0.273 e. The molecule has 0 radical (unpaired) electrons. The molecule has 1 saturated heterocycles. The fourth-order valence-electron chi connectivity index (χ4n) is 2.80. The summed E-state index contributed by atoms with van der Waals surface area (Å²) in [5.74, 6) is -0.0164. The Balaban J connectivity index is 1.68. The average Bonchev–Trinajstić information content (AvgIpc) is 2.85. The first kappa shape index (κ1) is 15.6. The summed E-state index contributed by atoms with van der Waals surface area (Å²) in [5.41, 5.74) is 8.97. The molecular weight excluding hydrogens is 316 g/mol. The number of amides is 1. The monoisotopic (exact) mass is 334 g/mol. The number of carbonyl (C=O) groups is 1. The Bertz CT molecular complexity index is 715. The van der Waals surface area contributed by atoms with Crippen molar-refractivity contribution in [2.75, 3.05) is 36.8 Å². The van der Waals surface area contributed by atoms with Gasteiger partial charge in [0.25, 0.3) is 5.91 Å². The van der Waals surface area contributed by atoms with Gasteiger partial charge >= 0.3 is 0 Å². The second-order valence-electron chi connectivity index (χ2n) is 5.69. The highest BCUT2D eigenvalue weighted by Gasteiger charge is 2.26. The second kappa shape index (κ2) is 6.08. The molecule has 23 heavy (non-hydrogen) atoms. The Labute approximate surface area is 139 Å². The molecule has 1 fully saturated rings. The van der Waals surface area contributed by atoms with E-state index in [0.717, 1.165) is 30.2 Å². The zero-order valence-electron chi connectivity index (χ0n) is 13.1. The van der Waals surface area contributed by atoms with Crippen molar-refractivity contribution in [1.29, 1.82) is 0 Å². The SMILES string of the molecule is Cc1cc(N2CCN(C(=O)c3[nH]nc(N)c3Cl)CC2)cc(C)n1. The molecule has 0 aromatic carbocycles. The normalized spacial score (nSPS) is 15.1. The molecule has 122 valence electrons. The van der Waals surface area contributed by atoms with Gasteiger partial charge < -0.3 is 15.5 Å². The molecule has 0 saturated carbocycles. The number of anilines is 2. The Kier molecular flexibility index (Phi) is 4.12. The zero-order valence-corrected chi connectivity index (χ0v) is 13.9. The number of aryl methyl sites for hydroxylation is 2. The third kappa shape index (κ3) is 3.10. The topological polar surface area (TPSA) is 91.1 Å². The van der Waals surface area contributed by atoms with Crippen molar-refractivity contribution in [3.05, 3.63) is 34.2 Å². The van der Waals surface area contributed by atoms with Gasteiger partial charge in [-0.1, -0.05) is 11.6 Å². The molecule has 7 nitrogen and oxygen atoms in total. The summed E-state index contributed by atoms with van der Waals surface area (Å²) in [4.78, 5) is 20.9. The molecule has 3 N–H and O–H groups in total. The summed E-state index contributed by atoms with van der Waals surface area (Å²) >= 11 is 6.00. The minimum absolute atomic E-state index is 0.149. The predicted molar refractivity (Wildman–Crippen MR) is 89.8 cm³/mol. The van der Waals surface area contributed by atoms with E-state index in [4.69, 9.17) is 17.3 Å². The van der Waals surface area contributed by atoms with Gasteiger partial charge in [-0.3, -0.25) is 14.9 Å². The van der Waals surface area contributed by atoms with Crippen LogP contribution >= 0.6 is 11.6 Å². The van der Waals surface area contributed by atoms with E-state index >= 15 is 0 Å². The third-order valence-electron chi connectivity index (χ3n) is 3.94. The van der Waals surface area contributed by atoms with Crippen LogP contribution in [0.2, 0.25) is 5.02 Å². The quantitative estimate of drug-likeness (QED) is 0.870. The number of aromatic amines is 1. The number of halogens is 1. The molecule has 0 unspecified atom stereocenters. The number of carbonyl (C=O) groups excluding carboxylic acids is 1. The molecule has 3 heterocycles. The highest BCUT2D eigenvalue weighted by Crippen LogP contribution is 2.23. The molecule has 8 heteroatoms. The average molecular weight is 335 g/mol. The van der Waals surface area contributed by atoms with E-state index in [1.165, 1.54) is 0 Å². The fourth-order valence-corrected chi connectivity index (χ4v) is 2.97. The van der Waals surface area contributed by atoms with E-state index in [1.54, 1.807) is 4.90 Å². The molecule has 1 amide bonds. The number of nitrogen functional groups attached to an aromatic ring is 1. The molecule has 2 aromatic heterocycles. The molecule has 0 spiro atoms. The summed E-state index contributed by atoms with van der Waals surface area (Å²) in [6.07, 6.45) is 0. The molecule has 0 bridgehead atoms. The van der Waals surface area contributed by atoms with Gasteiger partial charge in [-0.2, -0.15) is 5.10 Å². The first-order chi connectivity index (χ1) is 11.0. The highest BCUT2D eigenvalue weighted by molar-refractivity contribution is 6.35. The van der Waals surface area contributed by atoms with Crippen molar-refractivity contribution in [3.8, 4) is 0 Å². The number of nitrogens with zero attached hydrogens (tertiary/aromatic N) is 4. The van der Waals surface area contributed by atoms with Gasteiger partial charge in [-0.15, -0.1) is 0 Å². The van der Waals surface area contributed by atoms with Crippen LogP contribution in [0.5, 0.6) is 0 Å². The number of piperazine rings is 1. The number of rotatable bonds is 2. The summed E-state index contributed by atoms with van der Waals surface area (Å²) in [5, 5.41) is 6.57. The van der Waals surface area contributed by atoms with E-state index in [2.05, 4.69) is 32.2 Å². The highest BCUT2D eigenvalue weighted by atomic mass is 35.5. The zero-order chi connectivity index (χ0) is 16.6. The van der Waals surface area contributed by atoms with Crippen LogP contribution < -0.4 is 10.6 Å². The van der Waals surface area contributed by atoms with Gasteiger partial charge in [0.05, 0.1) is 0 Å². The lowest BCUT2D eigenvalue weighted by molar-refractivity contribution is 0.0741. The van der Waals surface area contributed by atoms with E-state index in [-0.39, 0.29) is 22.4 Å². The standard InChI is InChI=1S/C15H19ClN6O/c1-9-7-11(8-10(2)18-9)21-3-5-22(6-4-21)15(23)13-12(16)14(17)20-19-13/h7-8H,3-6H2,1-2H3,(H3,17,19,20). The van der Waals surface area contributed by atoms with Gasteiger partial charge in [-0.05, 0) is 26.0 Å². The van der Waals surface area contributed by atoms with Crippen LogP contribution in [-0.2, 0) is 0 Å². The largest absolute Gasteiger partial charge is 0.381 e. The number of hydrogen-bond acceptors (Lipinski definition) is 5. The Morgan fingerprint density at radius 3 is 2.35 bits per heavy atom. The molecular formula is C15H19ClN6O. The smallest absolute Gasteiger partial charge is 0.273 e. The maximum atomic E-state index is 12.5. The van der Waals surface area contributed by atoms with Gasteiger partial charge in [0.1, 0.15) is 10.7 Å².